The van der Waals surface area contributed by atoms with Crippen LogP contribution in [0.1, 0.15) is 37.8 Å². The van der Waals surface area contributed by atoms with Crippen molar-refractivity contribution in [3.8, 4) is 0 Å². The summed E-state index contributed by atoms with van der Waals surface area (Å²) in [6, 6.07) is 8.52. The van der Waals surface area contributed by atoms with E-state index < -0.39 is 11.9 Å². The van der Waals surface area contributed by atoms with E-state index >= 15 is 0 Å². The number of nitrogens with one attached hydrogen (secondary N) is 2. The largest absolute Gasteiger partial charge is 0.433 e. The lowest BCUT2D eigenvalue weighted by Gasteiger charge is -2.23. The van der Waals surface area contributed by atoms with Gasteiger partial charge in [-0.05, 0) is 37.3 Å². The average molecular weight is 382 g/mol. The molecule has 1 aromatic carbocycles. The molecule has 140 valence electrons. The Bertz CT molecular complexity index is 745. The van der Waals surface area contributed by atoms with E-state index in [-0.39, 0.29) is 17.8 Å². The van der Waals surface area contributed by atoms with Crippen molar-refractivity contribution in [2.45, 2.75) is 49.2 Å². The van der Waals surface area contributed by atoms with E-state index in [4.69, 9.17) is 0 Å². The van der Waals surface area contributed by atoms with Gasteiger partial charge in [-0.2, -0.15) is 18.2 Å². The predicted molar refractivity (Wildman–Crippen MR) is 99.0 cm³/mol. The maximum atomic E-state index is 13.2. The van der Waals surface area contributed by atoms with Crippen molar-refractivity contribution in [3.63, 3.8) is 0 Å². The van der Waals surface area contributed by atoms with Gasteiger partial charge in [0.25, 0.3) is 0 Å². The van der Waals surface area contributed by atoms with Gasteiger partial charge < -0.3 is 10.6 Å². The van der Waals surface area contributed by atoms with Crippen LogP contribution in [0.5, 0.6) is 0 Å². The molecule has 2 aromatic rings. The van der Waals surface area contributed by atoms with E-state index in [1.54, 1.807) is 17.8 Å². The molecule has 1 aromatic heterocycles. The van der Waals surface area contributed by atoms with Crippen LogP contribution in [0.25, 0.3) is 0 Å². The first-order chi connectivity index (χ1) is 12.4. The van der Waals surface area contributed by atoms with Gasteiger partial charge in [-0.25, -0.2) is 4.98 Å². The molecule has 0 atom stereocenters. The molecule has 1 fully saturated rings. The van der Waals surface area contributed by atoms with Crippen LogP contribution in [-0.2, 0) is 6.18 Å². The van der Waals surface area contributed by atoms with Crippen LogP contribution < -0.4 is 10.6 Å². The van der Waals surface area contributed by atoms with Crippen LogP contribution in [0.4, 0.5) is 30.6 Å². The van der Waals surface area contributed by atoms with Crippen LogP contribution in [0.3, 0.4) is 0 Å². The van der Waals surface area contributed by atoms with Crippen molar-refractivity contribution in [3.05, 3.63) is 36.0 Å². The van der Waals surface area contributed by atoms with E-state index in [1.165, 1.54) is 6.42 Å². The topological polar surface area (TPSA) is 49.8 Å². The van der Waals surface area contributed by atoms with Gasteiger partial charge in [0.1, 0.15) is 5.82 Å². The van der Waals surface area contributed by atoms with E-state index in [0.29, 0.717) is 5.69 Å². The SMILES string of the molecule is CSc1cccc(Nc2cc(C(F)(F)F)nc(NC3CCCCC3)n2)c1. The molecule has 2 N–H and O–H groups in total. The lowest BCUT2D eigenvalue weighted by atomic mass is 9.96. The summed E-state index contributed by atoms with van der Waals surface area (Å²) >= 11 is 1.56. The van der Waals surface area contributed by atoms with Crippen molar-refractivity contribution >= 4 is 29.2 Å². The number of hydrogen-bond acceptors (Lipinski definition) is 5. The van der Waals surface area contributed by atoms with Gasteiger partial charge in [0.2, 0.25) is 5.95 Å². The summed E-state index contributed by atoms with van der Waals surface area (Å²) in [4.78, 5) is 8.95. The fraction of sp³-hybridized carbons (Fsp3) is 0.444. The van der Waals surface area contributed by atoms with Crippen LogP contribution in [0.15, 0.2) is 35.2 Å². The molecule has 4 nitrogen and oxygen atoms in total. The van der Waals surface area contributed by atoms with Crippen LogP contribution in [-0.4, -0.2) is 22.3 Å². The van der Waals surface area contributed by atoms with E-state index in [0.717, 1.165) is 36.6 Å². The molecular formula is C18H21F3N4S. The summed E-state index contributed by atoms with van der Waals surface area (Å²) < 4.78 is 39.7. The molecule has 8 heteroatoms. The second-order valence-corrected chi connectivity index (χ2v) is 7.18. The summed E-state index contributed by atoms with van der Waals surface area (Å²) in [5.41, 5.74) is -0.262. The van der Waals surface area contributed by atoms with Crippen LogP contribution in [0, 0.1) is 0 Å². The molecule has 1 saturated carbocycles. The lowest BCUT2D eigenvalue weighted by Crippen LogP contribution is -2.24. The minimum absolute atomic E-state index is 0.0234. The molecule has 0 amide bonds. The summed E-state index contributed by atoms with van der Waals surface area (Å²) in [5.74, 6) is 0.152. The van der Waals surface area contributed by atoms with Gasteiger partial charge >= 0.3 is 6.18 Å². The Labute approximate surface area is 155 Å². The molecule has 1 heterocycles. The maximum absolute atomic E-state index is 13.2. The third kappa shape index (κ3) is 5.03. The Hall–Kier alpha value is -1.96. The molecule has 26 heavy (non-hydrogen) atoms. The second-order valence-electron chi connectivity index (χ2n) is 6.30. The number of halogens is 3. The van der Waals surface area contributed by atoms with E-state index in [1.807, 2.05) is 24.5 Å². The number of alkyl halides is 3. The van der Waals surface area contributed by atoms with E-state index in [2.05, 4.69) is 20.6 Å². The summed E-state index contributed by atoms with van der Waals surface area (Å²) in [5, 5.41) is 6.04. The van der Waals surface area contributed by atoms with Crippen molar-refractivity contribution in [2.75, 3.05) is 16.9 Å². The predicted octanol–water partition coefficient (Wildman–Crippen LogP) is 5.71. The molecule has 3 rings (SSSR count). The Morgan fingerprint density at radius 2 is 1.85 bits per heavy atom. The first kappa shape index (κ1) is 18.8. The molecule has 0 saturated heterocycles. The Kier molecular flexibility index (Phi) is 5.90. The number of thioether (sulfide) groups is 1. The first-order valence-corrected chi connectivity index (χ1v) is 9.80. The zero-order valence-corrected chi connectivity index (χ0v) is 15.3. The van der Waals surface area contributed by atoms with E-state index in [9.17, 15) is 13.2 Å². The quantitative estimate of drug-likeness (QED) is 0.649. The number of rotatable bonds is 5. The Balaban J connectivity index is 1.86. The summed E-state index contributed by atoms with van der Waals surface area (Å²) in [6.07, 6.45) is 2.59. The highest BCUT2D eigenvalue weighted by molar-refractivity contribution is 7.98. The van der Waals surface area contributed by atoms with Gasteiger partial charge in [0.05, 0.1) is 0 Å². The van der Waals surface area contributed by atoms with Gasteiger partial charge in [0, 0.05) is 22.7 Å². The van der Waals surface area contributed by atoms with Gasteiger partial charge in [-0.3, -0.25) is 0 Å². The lowest BCUT2D eigenvalue weighted by molar-refractivity contribution is -0.141. The first-order valence-electron chi connectivity index (χ1n) is 8.58. The maximum Gasteiger partial charge on any atom is 0.433 e. The molecule has 0 unspecified atom stereocenters. The minimum atomic E-state index is -4.52. The monoisotopic (exact) mass is 382 g/mol. The molecule has 0 bridgehead atoms. The highest BCUT2D eigenvalue weighted by Crippen LogP contribution is 2.31. The average Bonchev–Trinajstić information content (AvgIpc) is 2.62. The zero-order valence-electron chi connectivity index (χ0n) is 14.4. The molecule has 0 spiro atoms. The number of hydrogen-bond donors (Lipinski definition) is 2. The smallest absolute Gasteiger partial charge is 0.351 e. The number of nitrogens with zero attached hydrogens (tertiary/aromatic N) is 2. The van der Waals surface area contributed by atoms with Gasteiger partial charge in [0.15, 0.2) is 5.69 Å². The number of anilines is 3. The highest BCUT2D eigenvalue weighted by Gasteiger charge is 2.34. The summed E-state index contributed by atoms with van der Waals surface area (Å²) in [7, 11) is 0. The summed E-state index contributed by atoms with van der Waals surface area (Å²) in [6.45, 7) is 0. The van der Waals surface area contributed by atoms with Crippen molar-refractivity contribution in [2.24, 2.45) is 0 Å². The van der Waals surface area contributed by atoms with Gasteiger partial charge in [-0.1, -0.05) is 25.3 Å². The number of benzene rings is 1. The molecule has 0 aliphatic heterocycles. The third-order valence-electron chi connectivity index (χ3n) is 4.30. The Morgan fingerprint density at radius 1 is 1.08 bits per heavy atom. The molecule has 1 aliphatic carbocycles. The number of aromatic nitrogens is 2. The molecule has 1 aliphatic rings. The minimum Gasteiger partial charge on any atom is -0.351 e. The van der Waals surface area contributed by atoms with Crippen LogP contribution >= 0.6 is 11.8 Å². The third-order valence-corrected chi connectivity index (χ3v) is 5.02. The highest BCUT2D eigenvalue weighted by atomic mass is 32.2. The van der Waals surface area contributed by atoms with Crippen LogP contribution in [0.2, 0.25) is 0 Å². The van der Waals surface area contributed by atoms with Crippen molar-refractivity contribution in [1.29, 1.82) is 0 Å². The fourth-order valence-corrected chi connectivity index (χ4v) is 3.46. The Morgan fingerprint density at radius 3 is 2.54 bits per heavy atom. The zero-order chi connectivity index (χ0) is 18.6. The fourth-order valence-electron chi connectivity index (χ4n) is 3.00. The second kappa shape index (κ2) is 8.16. The van der Waals surface area contributed by atoms with Crippen molar-refractivity contribution < 1.29 is 13.2 Å². The molecule has 0 radical (unpaired) electrons. The standard InChI is InChI=1S/C18H21F3N4S/c1-26-14-9-5-8-13(10-14)22-16-11-15(18(19,20)21)24-17(25-16)23-12-6-3-2-4-7-12/h5,8-12H,2-4,6-7H2,1H3,(H2,22,23,24,25). The van der Waals surface area contributed by atoms with Gasteiger partial charge in [-0.15, -0.1) is 11.8 Å². The normalized spacial score (nSPS) is 15.7. The molecular weight excluding hydrogens is 361 g/mol. The van der Waals surface area contributed by atoms with Crippen molar-refractivity contribution in [1.82, 2.24) is 9.97 Å².